The number of hydrogen-bond acceptors (Lipinski definition) is 5. The number of carbonyl (C=O) groups is 1. The van der Waals surface area contributed by atoms with Crippen molar-refractivity contribution in [3.8, 4) is 5.75 Å². The molecule has 0 aliphatic rings. The van der Waals surface area contributed by atoms with Gasteiger partial charge < -0.3 is 9.84 Å². The molecule has 1 aromatic heterocycles. The van der Waals surface area contributed by atoms with Crippen LogP contribution in [0.1, 0.15) is 27.9 Å². The summed E-state index contributed by atoms with van der Waals surface area (Å²) in [5, 5.41) is 12.6. The van der Waals surface area contributed by atoms with E-state index < -0.39 is 12.0 Å². The van der Waals surface area contributed by atoms with Gasteiger partial charge in [-0.1, -0.05) is 17.7 Å². The number of methoxy groups -OCH3 is 1. The molecule has 0 radical (unpaired) electrons. The lowest BCUT2D eigenvalue weighted by molar-refractivity contribution is -0.143. The Labute approximate surface area is 134 Å². The monoisotopic (exact) mass is 320 g/mol. The van der Waals surface area contributed by atoms with E-state index in [0.29, 0.717) is 17.9 Å². The standard InChI is InChI=1S/C16H20N2O3S/c1-10-5-6-14(21-4)13(7-10)15(16(19)20)18(3)8-12-9-22-11(2)17-12/h5-7,9,15H,8H2,1-4H3,(H,19,20)/t15-/m1/s1. The summed E-state index contributed by atoms with van der Waals surface area (Å²) in [6.45, 7) is 4.34. The molecule has 0 aliphatic heterocycles. The van der Waals surface area contributed by atoms with Gasteiger partial charge in [-0.2, -0.15) is 0 Å². The molecule has 2 aromatic rings. The Hall–Kier alpha value is -1.92. The largest absolute Gasteiger partial charge is 0.496 e. The maximum Gasteiger partial charge on any atom is 0.325 e. The van der Waals surface area contributed by atoms with Gasteiger partial charge in [-0.15, -0.1) is 11.3 Å². The van der Waals surface area contributed by atoms with E-state index in [1.54, 1.807) is 36.5 Å². The van der Waals surface area contributed by atoms with Gasteiger partial charge in [0.05, 0.1) is 17.8 Å². The molecule has 0 bridgehead atoms. The number of ether oxygens (including phenoxy) is 1. The van der Waals surface area contributed by atoms with Gasteiger partial charge in [-0.05, 0) is 27.0 Å². The third kappa shape index (κ3) is 3.64. The third-order valence-corrected chi connectivity index (χ3v) is 4.25. The third-order valence-electron chi connectivity index (χ3n) is 3.43. The van der Waals surface area contributed by atoms with E-state index in [2.05, 4.69) is 4.98 Å². The molecule has 1 atom stereocenters. The lowest BCUT2D eigenvalue weighted by atomic mass is 10.0. The molecule has 0 spiro atoms. The second-order valence-electron chi connectivity index (χ2n) is 5.26. The van der Waals surface area contributed by atoms with Crippen LogP contribution in [0, 0.1) is 13.8 Å². The van der Waals surface area contributed by atoms with Gasteiger partial charge in [0, 0.05) is 17.5 Å². The number of carboxylic acids is 1. The van der Waals surface area contributed by atoms with Gasteiger partial charge in [0.15, 0.2) is 0 Å². The zero-order valence-electron chi connectivity index (χ0n) is 13.2. The Morgan fingerprint density at radius 3 is 2.73 bits per heavy atom. The van der Waals surface area contributed by atoms with Crippen molar-refractivity contribution in [1.29, 1.82) is 0 Å². The van der Waals surface area contributed by atoms with Gasteiger partial charge in [-0.25, -0.2) is 4.98 Å². The number of aliphatic carboxylic acids is 1. The van der Waals surface area contributed by atoms with Crippen molar-refractivity contribution in [1.82, 2.24) is 9.88 Å². The molecule has 118 valence electrons. The summed E-state index contributed by atoms with van der Waals surface area (Å²) in [6.07, 6.45) is 0. The summed E-state index contributed by atoms with van der Waals surface area (Å²) in [5.74, 6) is -0.322. The zero-order valence-corrected chi connectivity index (χ0v) is 14.0. The Kier molecular flexibility index (Phi) is 5.15. The fourth-order valence-corrected chi connectivity index (χ4v) is 3.06. The van der Waals surface area contributed by atoms with Crippen molar-refractivity contribution in [2.75, 3.05) is 14.2 Å². The van der Waals surface area contributed by atoms with Crippen LogP contribution in [0.15, 0.2) is 23.6 Å². The molecule has 0 aliphatic carbocycles. The maximum atomic E-state index is 11.8. The van der Waals surface area contributed by atoms with Crippen LogP contribution in [0.5, 0.6) is 5.75 Å². The van der Waals surface area contributed by atoms with E-state index in [4.69, 9.17) is 4.74 Å². The number of likely N-dealkylation sites (N-methyl/N-ethyl adjacent to an activating group) is 1. The lowest BCUT2D eigenvalue weighted by Crippen LogP contribution is -2.31. The van der Waals surface area contributed by atoms with E-state index in [-0.39, 0.29) is 0 Å². The Morgan fingerprint density at radius 1 is 1.45 bits per heavy atom. The smallest absolute Gasteiger partial charge is 0.325 e. The first-order chi connectivity index (χ1) is 10.4. The van der Waals surface area contributed by atoms with Crippen molar-refractivity contribution < 1.29 is 14.6 Å². The molecule has 0 saturated heterocycles. The Morgan fingerprint density at radius 2 is 2.18 bits per heavy atom. The molecule has 0 fully saturated rings. The molecule has 6 heteroatoms. The highest BCUT2D eigenvalue weighted by atomic mass is 32.1. The first-order valence-corrected chi connectivity index (χ1v) is 7.79. The van der Waals surface area contributed by atoms with Gasteiger partial charge in [0.1, 0.15) is 11.8 Å². The van der Waals surface area contributed by atoms with Crippen LogP contribution in [-0.4, -0.2) is 35.1 Å². The van der Waals surface area contributed by atoms with Gasteiger partial charge >= 0.3 is 5.97 Å². The first kappa shape index (κ1) is 16.5. The average Bonchev–Trinajstić information content (AvgIpc) is 2.84. The molecule has 1 N–H and O–H groups in total. The van der Waals surface area contributed by atoms with Crippen molar-refractivity contribution in [3.63, 3.8) is 0 Å². The normalized spacial score (nSPS) is 12.4. The number of rotatable bonds is 6. The molecule has 5 nitrogen and oxygen atoms in total. The quantitative estimate of drug-likeness (QED) is 0.886. The Balaban J connectivity index is 2.33. The van der Waals surface area contributed by atoms with Gasteiger partial charge in [-0.3, -0.25) is 9.69 Å². The van der Waals surface area contributed by atoms with Crippen LogP contribution in [0.4, 0.5) is 0 Å². The molecule has 1 heterocycles. The SMILES string of the molecule is COc1ccc(C)cc1[C@H](C(=O)O)N(C)Cc1csc(C)n1. The number of benzene rings is 1. The second kappa shape index (κ2) is 6.89. The number of aryl methyl sites for hydroxylation is 2. The second-order valence-corrected chi connectivity index (χ2v) is 6.32. The Bertz CT molecular complexity index is 669. The highest BCUT2D eigenvalue weighted by Crippen LogP contribution is 2.31. The van der Waals surface area contributed by atoms with E-state index in [0.717, 1.165) is 16.3 Å². The molecule has 0 unspecified atom stereocenters. The minimum atomic E-state index is -0.904. The molecule has 2 rings (SSSR count). The number of nitrogens with zero attached hydrogens (tertiary/aromatic N) is 2. The molecule has 0 saturated carbocycles. The van der Waals surface area contributed by atoms with Crippen molar-refractivity contribution in [2.24, 2.45) is 0 Å². The minimum absolute atomic E-state index is 0.471. The summed E-state index contributed by atoms with van der Waals surface area (Å²) < 4.78 is 5.33. The number of thiazole rings is 1. The summed E-state index contributed by atoms with van der Waals surface area (Å²) in [6, 6.07) is 4.80. The van der Waals surface area contributed by atoms with Gasteiger partial charge in [0.25, 0.3) is 0 Å². The lowest BCUT2D eigenvalue weighted by Gasteiger charge is -2.26. The predicted molar refractivity (Wildman–Crippen MR) is 86.4 cm³/mol. The van der Waals surface area contributed by atoms with E-state index >= 15 is 0 Å². The molecular weight excluding hydrogens is 300 g/mol. The van der Waals surface area contributed by atoms with E-state index in [1.165, 1.54) is 0 Å². The van der Waals surface area contributed by atoms with Crippen molar-refractivity contribution >= 4 is 17.3 Å². The van der Waals surface area contributed by atoms with Crippen molar-refractivity contribution in [3.05, 3.63) is 45.4 Å². The fourth-order valence-electron chi connectivity index (χ4n) is 2.45. The van der Waals surface area contributed by atoms with E-state index in [1.807, 2.05) is 31.4 Å². The van der Waals surface area contributed by atoms with Crippen molar-refractivity contribution in [2.45, 2.75) is 26.4 Å². The van der Waals surface area contributed by atoms with Crippen LogP contribution in [-0.2, 0) is 11.3 Å². The van der Waals surface area contributed by atoms with Crippen LogP contribution < -0.4 is 4.74 Å². The van der Waals surface area contributed by atoms with Crippen LogP contribution in [0.25, 0.3) is 0 Å². The maximum absolute atomic E-state index is 11.8. The average molecular weight is 320 g/mol. The number of hydrogen-bond donors (Lipinski definition) is 1. The molecular formula is C16H20N2O3S. The zero-order chi connectivity index (χ0) is 16.3. The van der Waals surface area contributed by atoms with Gasteiger partial charge in [0.2, 0.25) is 0 Å². The molecule has 0 amide bonds. The molecule has 22 heavy (non-hydrogen) atoms. The van der Waals surface area contributed by atoms with Crippen LogP contribution >= 0.6 is 11.3 Å². The number of carboxylic acid groups (broad SMARTS) is 1. The minimum Gasteiger partial charge on any atom is -0.496 e. The van der Waals surface area contributed by atoms with Crippen LogP contribution in [0.2, 0.25) is 0 Å². The summed E-state index contributed by atoms with van der Waals surface area (Å²) in [4.78, 5) is 18.0. The first-order valence-electron chi connectivity index (χ1n) is 6.91. The predicted octanol–water partition coefficient (Wildman–Crippen LogP) is 3.03. The summed E-state index contributed by atoms with van der Waals surface area (Å²) in [5.41, 5.74) is 2.53. The number of aromatic nitrogens is 1. The fraction of sp³-hybridized carbons (Fsp3) is 0.375. The summed E-state index contributed by atoms with van der Waals surface area (Å²) >= 11 is 1.56. The topological polar surface area (TPSA) is 62.7 Å². The highest BCUT2D eigenvalue weighted by molar-refractivity contribution is 7.09. The van der Waals surface area contributed by atoms with E-state index in [9.17, 15) is 9.90 Å². The molecule has 1 aromatic carbocycles. The van der Waals surface area contributed by atoms with Crippen LogP contribution in [0.3, 0.4) is 0 Å². The summed E-state index contributed by atoms with van der Waals surface area (Å²) in [7, 11) is 3.34. The highest BCUT2D eigenvalue weighted by Gasteiger charge is 2.28.